The number of aromatic nitrogens is 1. The predicted octanol–water partition coefficient (Wildman–Crippen LogP) is 7.94. The number of benzene rings is 5. The lowest BCUT2D eigenvalue weighted by molar-refractivity contribution is -0.146. The molecule has 2 atom stereocenters. The zero-order chi connectivity index (χ0) is 27.4. The highest BCUT2D eigenvalue weighted by Crippen LogP contribution is 2.49. The molecule has 0 unspecified atom stereocenters. The molecule has 0 fully saturated rings. The van der Waals surface area contributed by atoms with E-state index in [0.29, 0.717) is 0 Å². The van der Waals surface area contributed by atoms with E-state index in [1.165, 1.54) is 7.11 Å². The zero-order valence-corrected chi connectivity index (χ0v) is 22.3. The molecular formula is C36H30N2O2. The topological polar surface area (TPSA) is 43.3 Å². The van der Waals surface area contributed by atoms with Crippen LogP contribution in [0, 0.1) is 0 Å². The first-order chi connectivity index (χ1) is 19.7. The molecule has 5 aromatic carbocycles. The van der Waals surface area contributed by atoms with Gasteiger partial charge in [-0.1, -0.05) is 115 Å². The predicted molar refractivity (Wildman–Crippen MR) is 162 cm³/mol. The highest BCUT2D eigenvalue weighted by atomic mass is 16.5. The van der Waals surface area contributed by atoms with Gasteiger partial charge in [-0.05, 0) is 41.5 Å². The number of fused-ring (bicyclic) bond motifs is 1. The summed E-state index contributed by atoms with van der Waals surface area (Å²) < 4.78 is 7.90. The number of methoxy groups -OCH3 is 1. The maximum absolute atomic E-state index is 14.6. The summed E-state index contributed by atoms with van der Waals surface area (Å²) >= 11 is 0. The van der Waals surface area contributed by atoms with Crippen molar-refractivity contribution >= 4 is 22.6 Å². The van der Waals surface area contributed by atoms with E-state index in [2.05, 4.69) is 52.5 Å². The molecule has 0 aliphatic heterocycles. The van der Waals surface area contributed by atoms with Crippen molar-refractivity contribution in [3.63, 3.8) is 0 Å². The number of ether oxygens (including phenoxy) is 1. The number of nitrogens with zero attached hydrogens (tertiary/aromatic N) is 1. The Hall–Kier alpha value is -5.09. The fraction of sp³-hybridized carbons (Fsp3) is 0.0833. The second-order valence-corrected chi connectivity index (χ2v) is 9.79. The van der Waals surface area contributed by atoms with Gasteiger partial charge in [0.1, 0.15) is 5.41 Å². The summed E-state index contributed by atoms with van der Waals surface area (Å²) in [5, 5.41) is 4.73. The standard InChI is InChI=1S/C36H30N2O2/c1-40-35(39)36(28-18-8-3-9-19-28,34(27-16-6-2-7-17-27)37-29-20-10-4-11-21-29)32-26-38(30-22-12-5-13-23-30)33-25-15-14-24-31(32)33/h2-26,34,37H,1H3/t34-,36-/m1/s1. The quantitative estimate of drug-likeness (QED) is 0.206. The summed E-state index contributed by atoms with van der Waals surface area (Å²) in [7, 11) is 1.47. The van der Waals surface area contributed by atoms with Crippen molar-refractivity contribution in [3.05, 3.63) is 168 Å². The summed E-state index contributed by atoms with van der Waals surface area (Å²) in [6.07, 6.45) is 2.10. The van der Waals surface area contributed by atoms with E-state index in [-0.39, 0.29) is 5.97 Å². The van der Waals surface area contributed by atoms with E-state index in [4.69, 9.17) is 4.74 Å². The Morgan fingerprint density at radius 3 is 1.90 bits per heavy atom. The normalized spacial score (nSPS) is 13.3. The average Bonchev–Trinajstić information content (AvgIpc) is 3.42. The number of esters is 1. The third-order valence-electron chi connectivity index (χ3n) is 7.56. The number of nitrogens with one attached hydrogen (secondary N) is 1. The molecule has 1 aromatic heterocycles. The number of para-hydroxylation sites is 3. The van der Waals surface area contributed by atoms with Crippen LogP contribution in [0.5, 0.6) is 0 Å². The van der Waals surface area contributed by atoms with Crippen molar-refractivity contribution in [1.82, 2.24) is 4.57 Å². The molecule has 0 saturated carbocycles. The van der Waals surface area contributed by atoms with E-state index >= 15 is 0 Å². The van der Waals surface area contributed by atoms with Crippen LogP contribution in [-0.4, -0.2) is 17.6 Å². The second-order valence-electron chi connectivity index (χ2n) is 9.79. The van der Waals surface area contributed by atoms with Gasteiger partial charge in [0.25, 0.3) is 0 Å². The van der Waals surface area contributed by atoms with E-state index < -0.39 is 11.5 Å². The number of carbonyl (C=O) groups excluding carboxylic acids is 1. The molecule has 40 heavy (non-hydrogen) atoms. The van der Waals surface area contributed by atoms with Crippen LogP contribution >= 0.6 is 0 Å². The Kier molecular flexibility index (Phi) is 6.90. The number of hydrogen-bond donors (Lipinski definition) is 1. The van der Waals surface area contributed by atoms with Crippen molar-refractivity contribution in [2.45, 2.75) is 11.5 Å². The Balaban J connectivity index is 1.73. The minimum atomic E-state index is -1.24. The Morgan fingerprint density at radius 1 is 0.700 bits per heavy atom. The SMILES string of the molecule is COC(=O)[C@](c1ccccc1)(c1cn(-c2ccccc2)c2ccccc12)[C@H](Nc1ccccc1)c1ccccc1. The van der Waals surface area contributed by atoms with Crippen LogP contribution in [0.2, 0.25) is 0 Å². The molecule has 0 bridgehead atoms. The Labute approximate surface area is 234 Å². The number of anilines is 1. The lowest BCUT2D eigenvalue weighted by Gasteiger charge is -2.40. The molecule has 1 heterocycles. The minimum Gasteiger partial charge on any atom is -0.468 e. The molecular weight excluding hydrogens is 492 g/mol. The van der Waals surface area contributed by atoms with E-state index in [1.807, 2.05) is 109 Å². The number of hydrogen-bond acceptors (Lipinski definition) is 3. The van der Waals surface area contributed by atoms with Gasteiger partial charge >= 0.3 is 5.97 Å². The first-order valence-corrected chi connectivity index (χ1v) is 13.4. The summed E-state index contributed by atoms with van der Waals surface area (Å²) in [4.78, 5) is 14.6. The molecule has 0 radical (unpaired) electrons. The van der Waals surface area contributed by atoms with Gasteiger partial charge in [0.2, 0.25) is 0 Å². The van der Waals surface area contributed by atoms with Crippen LogP contribution in [0.3, 0.4) is 0 Å². The number of carbonyl (C=O) groups is 1. The number of rotatable bonds is 8. The van der Waals surface area contributed by atoms with Gasteiger partial charge in [-0.3, -0.25) is 4.79 Å². The Bertz CT molecular complexity index is 1710. The largest absolute Gasteiger partial charge is 0.468 e. The lowest BCUT2D eigenvalue weighted by atomic mass is 9.66. The van der Waals surface area contributed by atoms with Crippen LogP contribution < -0.4 is 5.32 Å². The molecule has 0 amide bonds. The summed E-state index contributed by atoms with van der Waals surface area (Å²) in [6.45, 7) is 0. The molecule has 4 heteroatoms. The van der Waals surface area contributed by atoms with Gasteiger partial charge in [0.15, 0.2) is 0 Å². The van der Waals surface area contributed by atoms with Crippen LogP contribution in [0.4, 0.5) is 5.69 Å². The molecule has 196 valence electrons. The minimum absolute atomic E-state index is 0.341. The molecule has 0 saturated heterocycles. The van der Waals surface area contributed by atoms with Crippen LogP contribution in [0.25, 0.3) is 16.6 Å². The van der Waals surface area contributed by atoms with Crippen LogP contribution in [-0.2, 0) is 14.9 Å². The smallest absolute Gasteiger partial charge is 0.323 e. The Morgan fingerprint density at radius 2 is 1.25 bits per heavy atom. The third kappa shape index (κ3) is 4.34. The van der Waals surface area contributed by atoms with Crippen molar-refractivity contribution in [2.24, 2.45) is 0 Å². The van der Waals surface area contributed by atoms with Gasteiger partial charge in [-0.2, -0.15) is 0 Å². The monoisotopic (exact) mass is 522 g/mol. The van der Waals surface area contributed by atoms with E-state index in [9.17, 15) is 4.79 Å². The maximum atomic E-state index is 14.6. The third-order valence-corrected chi connectivity index (χ3v) is 7.56. The molecule has 0 aliphatic rings. The first kappa shape index (κ1) is 25.2. The van der Waals surface area contributed by atoms with Gasteiger partial charge < -0.3 is 14.6 Å². The second kappa shape index (κ2) is 11.0. The van der Waals surface area contributed by atoms with Crippen molar-refractivity contribution in [2.75, 3.05) is 12.4 Å². The van der Waals surface area contributed by atoms with Gasteiger partial charge in [-0.15, -0.1) is 0 Å². The average molecular weight is 523 g/mol. The lowest BCUT2D eigenvalue weighted by Crippen LogP contribution is -2.46. The van der Waals surface area contributed by atoms with Crippen molar-refractivity contribution < 1.29 is 9.53 Å². The van der Waals surface area contributed by atoms with Gasteiger partial charge in [0.05, 0.1) is 18.7 Å². The molecule has 0 aliphatic carbocycles. The fourth-order valence-corrected chi connectivity index (χ4v) is 5.77. The molecule has 6 aromatic rings. The van der Waals surface area contributed by atoms with E-state index in [0.717, 1.165) is 39.0 Å². The zero-order valence-electron chi connectivity index (χ0n) is 22.3. The summed E-state index contributed by atoms with van der Waals surface area (Å²) in [5.41, 5.74) is 4.37. The molecule has 1 N–H and O–H groups in total. The van der Waals surface area contributed by atoms with Crippen molar-refractivity contribution in [1.29, 1.82) is 0 Å². The van der Waals surface area contributed by atoms with Crippen molar-refractivity contribution in [3.8, 4) is 5.69 Å². The highest BCUT2D eigenvalue weighted by Gasteiger charge is 2.52. The molecule has 0 spiro atoms. The van der Waals surface area contributed by atoms with Gasteiger partial charge in [-0.25, -0.2) is 0 Å². The maximum Gasteiger partial charge on any atom is 0.323 e. The summed E-state index contributed by atoms with van der Waals surface area (Å²) in [6, 6.07) is 48.1. The molecule has 6 rings (SSSR count). The van der Waals surface area contributed by atoms with E-state index in [1.54, 1.807) is 0 Å². The first-order valence-electron chi connectivity index (χ1n) is 13.4. The molecule has 4 nitrogen and oxygen atoms in total. The summed E-state index contributed by atoms with van der Waals surface area (Å²) in [5.74, 6) is -0.341. The van der Waals surface area contributed by atoms with Gasteiger partial charge in [0, 0.05) is 28.5 Å². The highest BCUT2D eigenvalue weighted by molar-refractivity contribution is 5.98. The fourth-order valence-electron chi connectivity index (χ4n) is 5.77. The van der Waals surface area contributed by atoms with Crippen LogP contribution in [0.1, 0.15) is 22.7 Å². The van der Waals surface area contributed by atoms with Crippen LogP contribution in [0.15, 0.2) is 152 Å².